The van der Waals surface area contributed by atoms with E-state index in [1.165, 1.54) is 25.3 Å². The van der Waals surface area contributed by atoms with Gasteiger partial charge in [0, 0.05) is 16.8 Å². The monoisotopic (exact) mass is 402 g/mol. The van der Waals surface area contributed by atoms with Gasteiger partial charge in [-0.05, 0) is 30.3 Å². The van der Waals surface area contributed by atoms with E-state index < -0.39 is 5.82 Å². The fourth-order valence-electron chi connectivity index (χ4n) is 2.82. The number of benzene rings is 3. The Kier molecular flexibility index (Phi) is 6.80. The van der Waals surface area contributed by atoms with Crippen LogP contribution >= 0.6 is 0 Å². The number of hydrogen-bond acceptors (Lipinski definition) is 4. The second kappa shape index (κ2) is 9.89. The van der Waals surface area contributed by atoms with Gasteiger partial charge in [-0.25, -0.2) is 4.39 Å². The lowest BCUT2D eigenvalue weighted by molar-refractivity contribution is -0.118. The number of anilines is 1. The molecule has 3 aromatic rings. The molecule has 0 bridgehead atoms. The first-order chi connectivity index (χ1) is 14.6. The number of carbonyl (C=O) groups excluding carboxylic acids is 1. The molecule has 0 unspecified atom stereocenters. The number of hydrogen-bond donors (Lipinski definition) is 1. The zero-order valence-corrected chi connectivity index (χ0v) is 16.3. The first kappa shape index (κ1) is 20.6. The van der Waals surface area contributed by atoms with E-state index in [4.69, 9.17) is 9.47 Å². The van der Waals surface area contributed by atoms with Crippen LogP contribution in [0.4, 0.5) is 10.1 Å². The first-order valence-electron chi connectivity index (χ1n) is 9.13. The Hall–Kier alpha value is -4.11. The van der Waals surface area contributed by atoms with E-state index in [0.29, 0.717) is 17.0 Å². The molecule has 0 radical (unpaired) electrons. The first-order valence-corrected chi connectivity index (χ1v) is 9.13. The molecule has 0 heterocycles. The van der Waals surface area contributed by atoms with Crippen LogP contribution in [-0.4, -0.2) is 19.6 Å². The summed E-state index contributed by atoms with van der Waals surface area (Å²) in [7, 11) is 1.47. The van der Waals surface area contributed by atoms with Gasteiger partial charge in [-0.15, -0.1) is 0 Å². The summed E-state index contributed by atoms with van der Waals surface area (Å²) in [5, 5.41) is 12.3. The average molecular weight is 402 g/mol. The number of rotatable bonds is 7. The third-order valence-electron chi connectivity index (χ3n) is 4.22. The third-order valence-corrected chi connectivity index (χ3v) is 4.22. The lowest BCUT2D eigenvalue weighted by Gasteiger charge is -2.14. The highest BCUT2D eigenvalue weighted by molar-refractivity contribution is 5.93. The van der Waals surface area contributed by atoms with Crippen molar-refractivity contribution in [2.75, 3.05) is 19.0 Å². The Morgan fingerprint density at radius 1 is 1.07 bits per heavy atom. The van der Waals surface area contributed by atoms with Crippen LogP contribution in [0.5, 0.6) is 11.5 Å². The molecule has 1 N–H and O–H groups in total. The van der Waals surface area contributed by atoms with Crippen molar-refractivity contribution in [1.82, 2.24) is 0 Å². The summed E-state index contributed by atoms with van der Waals surface area (Å²) in [5.74, 6) is -0.177. The van der Waals surface area contributed by atoms with Crippen LogP contribution in [0, 0.1) is 17.1 Å². The summed E-state index contributed by atoms with van der Waals surface area (Å²) in [6, 6.07) is 22.1. The Morgan fingerprint density at radius 3 is 2.50 bits per heavy atom. The molecule has 0 aliphatic carbocycles. The van der Waals surface area contributed by atoms with Crippen LogP contribution in [0.1, 0.15) is 11.1 Å². The number of methoxy groups -OCH3 is 1. The third kappa shape index (κ3) is 5.03. The van der Waals surface area contributed by atoms with Crippen LogP contribution in [0.15, 0.2) is 72.8 Å². The minimum Gasteiger partial charge on any atom is -0.493 e. The highest BCUT2D eigenvalue weighted by Crippen LogP contribution is 2.34. The Morgan fingerprint density at radius 2 is 1.80 bits per heavy atom. The smallest absolute Gasteiger partial charge is 0.262 e. The van der Waals surface area contributed by atoms with Crippen molar-refractivity contribution in [3.63, 3.8) is 0 Å². The van der Waals surface area contributed by atoms with Gasteiger partial charge in [-0.3, -0.25) is 4.79 Å². The van der Waals surface area contributed by atoms with E-state index in [1.807, 2.05) is 24.3 Å². The number of allylic oxidation sites excluding steroid dienone is 1. The summed E-state index contributed by atoms with van der Waals surface area (Å²) >= 11 is 0. The molecule has 3 aromatic carbocycles. The number of para-hydroxylation sites is 2. The fraction of sp³-hybridized carbons (Fsp3) is 0.0833. The number of amides is 1. The molecule has 0 aliphatic heterocycles. The molecule has 0 saturated carbocycles. The Labute approximate surface area is 174 Å². The molecule has 0 spiro atoms. The molecule has 1 amide bonds. The van der Waals surface area contributed by atoms with E-state index >= 15 is 0 Å². The standard InChI is InChI=1S/C24H19FN2O3/c1-29-22-13-7-8-17(14-18(15-26)20-11-5-6-12-21(20)25)24(22)30-16-23(28)27-19-9-3-2-4-10-19/h2-14H,16H2,1H3,(H,27,28). The molecule has 0 atom stereocenters. The van der Waals surface area contributed by atoms with Crippen molar-refractivity contribution in [2.45, 2.75) is 0 Å². The average Bonchev–Trinajstić information content (AvgIpc) is 2.77. The maximum Gasteiger partial charge on any atom is 0.262 e. The number of halogens is 1. The molecule has 0 fully saturated rings. The van der Waals surface area contributed by atoms with Crippen molar-refractivity contribution < 1.29 is 18.7 Å². The second-order valence-corrected chi connectivity index (χ2v) is 6.23. The number of carbonyl (C=O) groups is 1. The number of nitrogens with zero attached hydrogens (tertiary/aromatic N) is 1. The highest BCUT2D eigenvalue weighted by atomic mass is 19.1. The van der Waals surface area contributed by atoms with Gasteiger partial charge in [-0.1, -0.05) is 48.5 Å². The predicted octanol–water partition coefficient (Wildman–Crippen LogP) is 4.92. The van der Waals surface area contributed by atoms with Gasteiger partial charge >= 0.3 is 0 Å². The van der Waals surface area contributed by atoms with Crippen molar-refractivity contribution in [3.05, 3.63) is 89.7 Å². The van der Waals surface area contributed by atoms with E-state index in [0.717, 1.165) is 0 Å². The Bertz CT molecular complexity index is 1100. The molecule has 150 valence electrons. The molecule has 5 nitrogen and oxygen atoms in total. The number of nitrogens with one attached hydrogen (secondary N) is 1. The zero-order valence-electron chi connectivity index (χ0n) is 16.3. The quantitative estimate of drug-likeness (QED) is 0.450. The Balaban J connectivity index is 1.87. The van der Waals surface area contributed by atoms with Crippen molar-refractivity contribution >= 4 is 23.2 Å². The molecule has 0 saturated heterocycles. The molecule has 6 heteroatoms. The zero-order chi connectivity index (χ0) is 21.3. The SMILES string of the molecule is COc1cccc(C=C(C#N)c2ccccc2F)c1OCC(=O)Nc1ccccc1. The van der Waals surface area contributed by atoms with Gasteiger partial charge in [0.1, 0.15) is 5.82 Å². The van der Waals surface area contributed by atoms with Crippen LogP contribution < -0.4 is 14.8 Å². The normalized spacial score (nSPS) is 10.8. The maximum absolute atomic E-state index is 14.1. The van der Waals surface area contributed by atoms with Gasteiger partial charge in [0.05, 0.1) is 18.8 Å². The highest BCUT2D eigenvalue weighted by Gasteiger charge is 2.14. The van der Waals surface area contributed by atoms with Gasteiger partial charge in [-0.2, -0.15) is 5.26 Å². The summed E-state index contributed by atoms with van der Waals surface area (Å²) in [4.78, 5) is 12.2. The lowest BCUT2D eigenvalue weighted by Crippen LogP contribution is -2.20. The minimum atomic E-state index is -0.502. The minimum absolute atomic E-state index is 0.125. The molecule has 3 rings (SSSR count). The van der Waals surface area contributed by atoms with Crippen LogP contribution in [0.3, 0.4) is 0 Å². The molecule has 0 aromatic heterocycles. The van der Waals surface area contributed by atoms with E-state index in [-0.39, 0.29) is 29.4 Å². The molecule has 30 heavy (non-hydrogen) atoms. The number of ether oxygens (including phenoxy) is 2. The van der Waals surface area contributed by atoms with Crippen molar-refractivity contribution in [3.8, 4) is 17.6 Å². The van der Waals surface area contributed by atoms with Gasteiger partial charge in [0.2, 0.25) is 0 Å². The summed E-state index contributed by atoms with van der Waals surface area (Å²) < 4.78 is 25.2. The molecular formula is C24H19FN2O3. The van der Waals surface area contributed by atoms with E-state index in [1.54, 1.807) is 42.5 Å². The van der Waals surface area contributed by atoms with E-state index in [9.17, 15) is 14.4 Å². The van der Waals surface area contributed by atoms with Gasteiger partial charge in [0.25, 0.3) is 5.91 Å². The van der Waals surface area contributed by atoms with Gasteiger partial charge < -0.3 is 14.8 Å². The van der Waals surface area contributed by atoms with Crippen molar-refractivity contribution in [1.29, 1.82) is 5.26 Å². The van der Waals surface area contributed by atoms with Crippen LogP contribution in [0.2, 0.25) is 0 Å². The maximum atomic E-state index is 14.1. The fourth-order valence-corrected chi connectivity index (χ4v) is 2.82. The lowest BCUT2D eigenvalue weighted by atomic mass is 10.0. The predicted molar refractivity (Wildman–Crippen MR) is 113 cm³/mol. The number of nitriles is 1. The van der Waals surface area contributed by atoms with Crippen LogP contribution in [0.25, 0.3) is 11.6 Å². The summed E-state index contributed by atoms with van der Waals surface area (Å²) in [5.41, 5.74) is 1.44. The van der Waals surface area contributed by atoms with Crippen molar-refractivity contribution in [2.24, 2.45) is 0 Å². The summed E-state index contributed by atoms with van der Waals surface area (Å²) in [6.45, 7) is -0.266. The van der Waals surface area contributed by atoms with Crippen LogP contribution in [-0.2, 0) is 4.79 Å². The molecular weight excluding hydrogens is 383 g/mol. The topological polar surface area (TPSA) is 71.3 Å². The van der Waals surface area contributed by atoms with E-state index in [2.05, 4.69) is 5.32 Å². The largest absolute Gasteiger partial charge is 0.493 e. The molecule has 0 aliphatic rings. The second-order valence-electron chi connectivity index (χ2n) is 6.23. The summed E-state index contributed by atoms with van der Waals surface area (Å²) in [6.07, 6.45) is 1.51. The van der Waals surface area contributed by atoms with Gasteiger partial charge in [0.15, 0.2) is 18.1 Å².